The van der Waals surface area contributed by atoms with Gasteiger partial charge in [-0.25, -0.2) is 4.79 Å². The second kappa shape index (κ2) is 8.67. The molecule has 7 nitrogen and oxygen atoms in total. The summed E-state index contributed by atoms with van der Waals surface area (Å²) in [6, 6.07) is 11.5. The van der Waals surface area contributed by atoms with Gasteiger partial charge in [-0.1, -0.05) is 28.1 Å². The summed E-state index contributed by atoms with van der Waals surface area (Å²) in [4.78, 5) is 39.0. The maximum absolute atomic E-state index is 13.3. The summed E-state index contributed by atoms with van der Waals surface area (Å²) in [5, 5.41) is 2.71. The minimum absolute atomic E-state index is 0.0261. The fourth-order valence-electron chi connectivity index (χ4n) is 4.05. The van der Waals surface area contributed by atoms with Gasteiger partial charge in [-0.15, -0.1) is 0 Å². The largest absolute Gasteiger partial charge is 0.444 e. The number of nitrogens with zero attached hydrogens (tertiary/aromatic N) is 2. The highest BCUT2D eigenvalue weighted by Gasteiger charge is 2.34. The molecule has 1 aliphatic heterocycles. The molecule has 3 heterocycles. The van der Waals surface area contributed by atoms with Crippen molar-refractivity contribution in [3.8, 4) is 11.1 Å². The fourth-order valence-corrected chi connectivity index (χ4v) is 4.31. The van der Waals surface area contributed by atoms with Gasteiger partial charge in [-0.3, -0.25) is 9.59 Å². The molecule has 8 heteroatoms. The average molecular weight is 512 g/mol. The van der Waals surface area contributed by atoms with Gasteiger partial charge in [0.05, 0.1) is 5.52 Å². The van der Waals surface area contributed by atoms with Crippen molar-refractivity contribution in [2.45, 2.75) is 39.8 Å². The number of benzene rings is 1. The minimum atomic E-state index is -0.579. The number of hydrogen-bond donors (Lipinski definition) is 1. The van der Waals surface area contributed by atoms with Crippen LogP contribution in [0.4, 0.5) is 4.79 Å². The Morgan fingerprint density at radius 3 is 2.48 bits per heavy atom. The van der Waals surface area contributed by atoms with Crippen molar-refractivity contribution in [2.75, 3.05) is 13.1 Å². The topological polar surface area (TPSA) is 80.1 Å². The number of ether oxygens (including phenoxy) is 1. The van der Waals surface area contributed by atoms with Crippen LogP contribution in [0.5, 0.6) is 0 Å². The molecular weight excluding hydrogens is 486 g/mol. The first-order valence-electron chi connectivity index (χ1n) is 10.7. The number of alkyl carbamates (subject to hydrolysis) is 1. The molecule has 1 N–H and O–H groups in total. The standard InChI is InChI=1S/C25H26BrN3O4/c1-15(30)17-9-11-29-20(13-17)21(16-5-7-18(26)8-6-16)19-14-28(23(31)22(19)29)12-10-27-24(32)33-25(2,3)4/h5-9,11,13H,10,12,14H2,1-4H3,(H,27,32). The summed E-state index contributed by atoms with van der Waals surface area (Å²) in [7, 11) is 0. The second-order valence-corrected chi connectivity index (χ2v) is 10.0. The lowest BCUT2D eigenvalue weighted by Gasteiger charge is -2.21. The Hall–Kier alpha value is -3.13. The van der Waals surface area contributed by atoms with E-state index in [1.54, 1.807) is 37.9 Å². The summed E-state index contributed by atoms with van der Waals surface area (Å²) in [5.41, 5.74) is 4.27. The van der Waals surface area contributed by atoms with Crippen LogP contribution in [0.3, 0.4) is 0 Å². The quantitative estimate of drug-likeness (QED) is 0.486. The van der Waals surface area contributed by atoms with Crippen molar-refractivity contribution < 1.29 is 19.1 Å². The third kappa shape index (κ3) is 4.66. The number of carbonyl (C=O) groups excluding carboxylic acids is 3. The van der Waals surface area contributed by atoms with E-state index >= 15 is 0 Å². The van der Waals surface area contributed by atoms with Crippen LogP contribution in [-0.4, -0.2) is 45.8 Å². The van der Waals surface area contributed by atoms with Crippen LogP contribution in [0.15, 0.2) is 47.1 Å². The van der Waals surface area contributed by atoms with Crippen molar-refractivity contribution in [3.05, 3.63) is 63.9 Å². The Balaban J connectivity index is 1.65. The van der Waals surface area contributed by atoms with E-state index in [0.29, 0.717) is 24.3 Å². The van der Waals surface area contributed by atoms with Gasteiger partial charge < -0.3 is 19.4 Å². The molecule has 33 heavy (non-hydrogen) atoms. The smallest absolute Gasteiger partial charge is 0.407 e. The van der Waals surface area contributed by atoms with E-state index in [9.17, 15) is 14.4 Å². The lowest BCUT2D eigenvalue weighted by atomic mass is 10.0. The predicted molar refractivity (Wildman–Crippen MR) is 130 cm³/mol. The van der Waals surface area contributed by atoms with Crippen LogP contribution >= 0.6 is 15.9 Å². The van der Waals surface area contributed by atoms with Crippen molar-refractivity contribution in [1.82, 2.24) is 14.6 Å². The highest BCUT2D eigenvalue weighted by atomic mass is 79.9. The first kappa shape index (κ1) is 23.0. The Morgan fingerprint density at radius 2 is 1.85 bits per heavy atom. The molecule has 0 saturated carbocycles. The molecule has 0 spiro atoms. The van der Waals surface area contributed by atoms with Crippen molar-refractivity contribution >= 4 is 39.2 Å². The maximum Gasteiger partial charge on any atom is 0.407 e. The van der Waals surface area contributed by atoms with E-state index in [0.717, 1.165) is 26.7 Å². The lowest BCUT2D eigenvalue weighted by Crippen LogP contribution is -2.38. The minimum Gasteiger partial charge on any atom is -0.444 e. The van der Waals surface area contributed by atoms with Gasteiger partial charge in [0, 0.05) is 47.0 Å². The molecule has 0 saturated heterocycles. The van der Waals surface area contributed by atoms with Gasteiger partial charge in [0.2, 0.25) is 0 Å². The third-order valence-corrected chi connectivity index (χ3v) is 6.00. The zero-order chi connectivity index (χ0) is 23.9. The molecule has 4 rings (SSSR count). The van der Waals surface area contributed by atoms with Crippen LogP contribution in [0, 0.1) is 0 Å². The van der Waals surface area contributed by atoms with Crippen LogP contribution in [-0.2, 0) is 11.3 Å². The Bertz CT molecular complexity index is 1260. The molecule has 1 aliphatic rings. The number of halogens is 1. The van der Waals surface area contributed by atoms with Crippen LogP contribution in [0.1, 0.15) is 54.1 Å². The van der Waals surface area contributed by atoms with Gasteiger partial charge in [0.15, 0.2) is 5.78 Å². The van der Waals surface area contributed by atoms with Crippen LogP contribution in [0.2, 0.25) is 0 Å². The normalized spacial score (nSPS) is 13.4. The molecule has 0 fully saturated rings. The number of Topliss-reactive ketones (excluding diaryl/α,β-unsaturated/α-hetero) is 1. The number of aromatic nitrogens is 1. The molecule has 2 amide bonds. The number of pyridine rings is 1. The number of rotatable bonds is 5. The SMILES string of the molecule is CC(=O)c1ccn2c3c(c(-c4ccc(Br)cc4)c2c1)CN(CCNC(=O)OC(C)(C)C)C3=O. The highest BCUT2D eigenvalue weighted by molar-refractivity contribution is 9.10. The van der Waals surface area contributed by atoms with E-state index in [1.165, 1.54) is 6.92 Å². The number of carbonyl (C=O) groups is 3. The van der Waals surface area contributed by atoms with Gasteiger partial charge in [0.25, 0.3) is 5.91 Å². The lowest BCUT2D eigenvalue weighted by molar-refractivity contribution is 0.0514. The molecule has 172 valence electrons. The molecule has 0 unspecified atom stereocenters. The van der Waals surface area contributed by atoms with E-state index in [4.69, 9.17) is 4.74 Å². The summed E-state index contributed by atoms with van der Waals surface area (Å²) < 4.78 is 8.09. The first-order chi connectivity index (χ1) is 15.5. The molecule has 1 aromatic carbocycles. The molecule has 2 aromatic heterocycles. The Morgan fingerprint density at radius 1 is 1.15 bits per heavy atom. The average Bonchev–Trinajstić information content (AvgIpc) is 3.21. The van der Waals surface area contributed by atoms with Gasteiger partial charge in [-0.05, 0) is 57.5 Å². The van der Waals surface area contributed by atoms with Gasteiger partial charge in [0.1, 0.15) is 11.3 Å². The number of hydrogen-bond acceptors (Lipinski definition) is 4. The number of fused-ring (bicyclic) bond motifs is 3. The monoisotopic (exact) mass is 511 g/mol. The van der Waals surface area contributed by atoms with E-state index in [-0.39, 0.29) is 18.2 Å². The van der Waals surface area contributed by atoms with Gasteiger partial charge in [-0.2, -0.15) is 0 Å². The summed E-state index contributed by atoms with van der Waals surface area (Å²) in [5.74, 6) is -0.133. The van der Waals surface area contributed by atoms with Crippen molar-refractivity contribution in [1.29, 1.82) is 0 Å². The Labute approximate surface area is 200 Å². The van der Waals surface area contributed by atoms with E-state index in [1.807, 2.05) is 34.7 Å². The molecule has 0 bridgehead atoms. The zero-order valence-electron chi connectivity index (χ0n) is 19.1. The van der Waals surface area contributed by atoms with E-state index < -0.39 is 11.7 Å². The molecule has 0 aliphatic carbocycles. The molecular formula is C25H26BrN3O4. The molecule has 3 aromatic rings. The van der Waals surface area contributed by atoms with Crippen LogP contribution < -0.4 is 5.32 Å². The van der Waals surface area contributed by atoms with Crippen LogP contribution in [0.25, 0.3) is 16.6 Å². The Kier molecular flexibility index (Phi) is 6.05. The van der Waals surface area contributed by atoms with Gasteiger partial charge >= 0.3 is 6.09 Å². The third-order valence-electron chi connectivity index (χ3n) is 5.47. The molecule has 0 atom stereocenters. The number of amides is 2. The first-order valence-corrected chi connectivity index (χ1v) is 11.5. The maximum atomic E-state index is 13.3. The number of ketones is 1. The van der Waals surface area contributed by atoms with Crippen molar-refractivity contribution in [3.63, 3.8) is 0 Å². The second-order valence-electron chi connectivity index (χ2n) is 9.09. The zero-order valence-corrected chi connectivity index (χ0v) is 20.7. The fraction of sp³-hybridized carbons (Fsp3) is 0.320. The van der Waals surface area contributed by atoms with E-state index in [2.05, 4.69) is 21.2 Å². The highest BCUT2D eigenvalue weighted by Crippen LogP contribution is 2.39. The predicted octanol–water partition coefficient (Wildman–Crippen LogP) is 5.05. The summed E-state index contributed by atoms with van der Waals surface area (Å²) in [6.45, 7) is 8.01. The summed E-state index contributed by atoms with van der Waals surface area (Å²) in [6.07, 6.45) is 1.28. The number of nitrogens with one attached hydrogen (secondary N) is 1. The molecule has 0 radical (unpaired) electrons. The van der Waals surface area contributed by atoms with Crippen molar-refractivity contribution in [2.24, 2.45) is 0 Å². The summed E-state index contributed by atoms with van der Waals surface area (Å²) >= 11 is 3.47.